The molecule has 0 bridgehead atoms. The number of nitrogens with zero attached hydrogens (tertiary/aromatic N) is 1. The van der Waals surface area contributed by atoms with Gasteiger partial charge in [-0.15, -0.1) is 0 Å². The topological polar surface area (TPSA) is 64.9 Å². The third-order valence-electron chi connectivity index (χ3n) is 2.51. The Balaban J connectivity index is 2.40. The minimum Gasteiger partial charge on any atom is -0.383 e. The smallest absolute Gasteiger partial charge is 0.137 e. The van der Waals surface area contributed by atoms with Crippen LogP contribution in [0.3, 0.4) is 0 Å². The summed E-state index contributed by atoms with van der Waals surface area (Å²) in [4.78, 5) is 3.98. The lowest BCUT2D eigenvalue weighted by molar-refractivity contribution is 0.619. The van der Waals surface area contributed by atoms with Gasteiger partial charge in [0, 0.05) is 11.8 Å². The molecule has 2 aromatic rings. The average molecular weight is 296 g/mol. The highest BCUT2D eigenvalue weighted by atomic mass is 79.9. The number of nitrogen functional groups attached to an aromatic ring is 1. The fourth-order valence-corrected chi connectivity index (χ4v) is 1.97. The number of aromatic nitrogens is 1. The SMILES string of the molecule is Nc1ncccc1C(N)c1ccc(F)c(Br)c1. The van der Waals surface area contributed by atoms with E-state index >= 15 is 0 Å². The Morgan fingerprint density at radius 1 is 1.29 bits per heavy atom. The number of pyridine rings is 1. The fraction of sp³-hybridized carbons (Fsp3) is 0.0833. The molecule has 0 amide bonds. The van der Waals surface area contributed by atoms with Crippen LogP contribution in [-0.4, -0.2) is 4.98 Å². The molecule has 0 saturated heterocycles. The van der Waals surface area contributed by atoms with Crippen LogP contribution in [0.1, 0.15) is 17.2 Å². The molecule has 0 fully saturated rings. The van der Waals surface area contributed by atoms with Crippen LogP contribution in [0.25, 0.3) is 0 Å². The number of hydrogen-bond acceptors (Lipinski definition) is 3. The van der Waals surface area contributed by atoms with Gasteiger partial charge in [0.1, 0.15) is 11.6 Å². The number of rotatable bonds is 2. The second-order valence-corrected chi connectivity index (χ2v) is 4.48. The first kappa shape index (κ1) is 12.0. The lowest BCUT2D eigenvalue weighted by Gasteiger charge is -2.14. The second-order valence-electron chi connectivity index (χ2n) is 3.63. The quantitative estimate of drug-likeness (QED) is 0.895. The predicted octanol–water partition coefficient (Wildman–Crippen LogP) is 2.61. The largest absolute Gasteiger partial charge is 0.383 e. The number of hydrogen-bond donors (Lipinski definition) is 2. The van der Waals surface area contributed by atoms with Crippen molar-refractivity contribution in [2.75, 3.05) is 5.73 Å². The molecule has 1 aromatic carbocycles. The van der Waals surface area contributed by atoms with Crippen LogP contribution in [0.4, 0.5) is 10.2 Å². The lowest BCUT2D eigenvalue weighted by Crippen LogP contribution is -2.14. The van der Waals surface area contributed by atoms with E-state index in [0.29, 0.717) is 10.3 Å². The Labute approximate surface area is 107 Å². The fourth-order valence-electron chi connectivity index (χ4n) is 1.58. The van der Waals surface area contributed by atoms with Crippen molar-refractivity contribution in [3.63, 3.8) is 0 Å². The molecule has 0 radical (unpaired) electrons. The van der Waals surface area contributed by atoms with Gasteiger partial charge < -0.3 is 11.5 Å². The molecule has 3 nitrogen and oxygen atoms in total. The highest BCUT2D eigenvalue weighted by Gasteiger charge is 2.13. The van der Waals surface area contributed by atoms with Crippen molar-refractivity contribution in [1.82, 2.24) is 4.98 Å². The summed E-state index contributed by atoms with van der Waals surface area (Å²) in [5, 5.41) is 0. The molecule has 2 rings (SSSR count). The summed E-state index contributed by atoms with van der Waals surface area (Å²) in [6.07, 6.45) is 1.60. The van der Waals surface area contributed by atoms with E-state index in [-0.39, 0.29) is 5.82 Å². The zero-order valence-electron chi connectivity index (χ0n) is 8.90. The van der Waals surface area contributed by atoms with Crippen molar-refractivity contribution in [3.05, 3.63) is 57.9 Å². The first-order valence-electron chi connectivity index (χ1n) is 5.00. The Kier molecular flexibility index (Phi) is 3.40. The molecule has 0 spiro atoms. The van der Waals surface area contributed by atoms with Gasteiger partial charge in [0.05, 0.1) is 10.5 Å². The Morgan fingerprint density at radius 3 is 2.71 bits per heavy atom. The third kappa shape index (κ3) is 2.45. The molecule has 1 atom stereocenters. The van der Waals surface area contributed by atoms with Gasteiger partial charge in [-0.1, -0.05) is 12.1 Å². The normalized spacial score (nSPS) is 12.4. The van der Waals surface area contributed by atoms with Crippen LogP contribution in [0.15, 0.2) is 41.0 Å². The van der Waals surface area contributed by atoms with Gasteiger partial charge in [0.15, 0.2) is 0 Å². The van der Waals surface area contributed by atoms with Crippen molar-refractivity contribution < 1.29 is 4.39 Å². The van der Waals surface area contributed by atoms with Gasteiger partial charge in [-0.05, 0) is 39.7 Å². The van der Waals surface area contributed by atoms with E-state index in [1.54, 1.807) is 24.4 Å². The van der Waals surface area contributed by atoms with Gasteiger partial charge in [-0.3, -0.25) is 0 Å². The minimum atomic E-state index is -0.416. The monoisotopic (exact) mass is 295 g/mol. The molecule has 5 heteroatoms. The van der Waals surface area contributed by atoms with Crippen LogP contribution in [0.5, 0.6) is 0 Å². The third-order valence-corrected chi connectivity index (χ3v) is 3.12. The van der Waals surface area contributed by atoms with E-state index in [1.165, 1.54) is 6.07 Å². The number of benzene rings is 1. The molecule has 4 N–H and O–H groups in total. The molecule has 1 unspecified atom stereocenters. The standard InChI is InChI=1S/C12H11BrFN3/c13-9-6-7(3-4-10(9)14)11(15)8-2-1-5-17-12(8)16/h1-6,11H,15H2,(H2,16,17). The summed E-state index contributed by atoms with van der Waals surface area (Å²) in [5.41, 5.74) is 13.3. The maximum absolute atomic E-state index is 13.1. The van der Waals surface area contributed by atoms with Gasteiger partial charge in [-0.2, -0.15) is 0 Å². The summed E-state index contributed by atoms with van der Waals surface area (Å²) in [6, 6.07) is 7.81. The van der Waals surface area contributed by atoms with Crippen molar-refractivity contribution >= 4 is 21.7 Å². The summed E-state index contributed by atoms with van der Waals surface area (Å²) < 4.78 is 13.5. The summed E-state index contributed by atoms with van der Waals surface area (Å²) in [7, 11) is 0. The van der Waals surface area contributed by atoms with Crippen LogP contribution in [0.2, 0.25) is 0 Å². The zero-order valence-corrected chi connectivity index (χ0v) is 10.5. The molecule has 17 heavy (non-hydrogen) atoms. The predicted molar refractivity (Wildman–Crippen MR) is 68.8 cm³/mol. The highest BCUT2D eigenvalue weighted by Crippen LogP contribution is 2.26. The minimum absolute atomic E-state index is 0.319. The van der Waals surface area contributed by atoms with Crippen molar-refractivity contribution in [2.45, 2.75) is 6.04 Å². The second kappa shape index (κ2) is 4.81. The van der Waals surface area contributed by atoms with Crippen LogP contribution in [-0.2, 0) is 0 Å². The molecule has 0 aliphatic carbocycles. The number of nitrogens with two attached hydrogens (primary N) is 2. The molecule has 0 saturated carbocycles. The van der Waals surface area contributed by atoms with E-state index in [9.17, 15) is 4.39 Å². The highest BCUT2D eigenvalue weighted by molar-refractivity contribution is 9.10. The maximum atomic E-state index is 13.1. The summed E-state index contributed by atoms with van der Waals surface area (Å²) in [5.74, 6) is 0.0700. The first-order valence-corrected chi connectivity index (χ1v) is 5.80. The number of halogens is 2. The zero-order chi connectivity index (χ0) is 12.4. The van der Waals surface area contributed by atoms with Gasteiger partial charge in [0.2, 0.25) is 0 Å². The van der Waals surface area contributed by atoms with E-state index < -0.39 is 6.04 Å². The summed E-state index contributed by atoms with van der Waals surface area (Å²) >= 11 is 3.13. The van der Waals surface area contributed by atoms with Crippen LogP contribution < -0.4 is 11.5 Å². The van der Waals surface area contributed by atoms with Crippen LogP contribution >= 0.6 is 15.9 Å². The molecule has 88 valence electrons. The van der Waals surface area contributed by atoms with E-state index in [0.717, 1.165) is 11.1 Å². The Morgan fingerprint density at radius 2 is 2.06 bits per heavy atom. The van der Waals surface area contributed by atoms with Gasteiger partial charge >= 0.3 is 0 Å². The van der Waals surface area contributed by atoms with Crippen LogP contribution in [0, 0.1) is 5.82 Å². The molecule has 0 aliphatic rings. The molecule has 1 aromatic heterocycles. The molecule has 0 aliphatic heterocycles. The van der Waals surface area contributed by atoms with Crippen molar-refractivity contribution in [2.24, 2.45) is 5.73 Å². The first-order chi connectivity index (χ1) is 8.09. The van der Waals surface area contributed by atoms with Gasteiger partial charge in [0.25, 0.3) is 0 Å². The van der Waals surface area contributed by atoms with Crippen molar-refractivity contribution in [1.29, 1.82) is 0 Å². The molecule has 1 heterocycles. The lowest BCUT2D eigenvalue weighted by atomic mass is 10.0. The molecular weight excluding hydrogens is 285 g/mol. The van der Waals surface area contributed by atoms with E-state index in [4.69, 9.17) is 11.5 Å². The molecular formula is C12H11BrFN3. The van der Waals surface area contributed by atoms with Gasteiger partial charge in [-0.25, -0.2) is 9.37 Å². The van der Waals surface area contributed by atoms with E-state index in [1.807, 2.05) is 6.07 Å². The Bertz CT molecular complexity index is 545. The Hall–Kier alpha value is -1.46. The number of anilines is 1. The van der Waals surface area contributed by atoms with Crippen molar-refractivity contribution in [3.8, 4) is 0 Å². The van der Waals surface area contributed by atoms with E-state index in [2.05, 4.69) is 20.9 Å². The summed E-state index contributed by atoms with van der Waals surface area (Å²) in [6.45, 7) is 0. The maximum Gasteiger partial charge on any atom is 0.137 e. The average Bonchev–Trinajstić information content (AvgIpc) is 2.32.